The smallest absolute Gasteiger partial charge is 0.253 e. The predicted octanol–water partition coefficient (Wildman–Crippen LogP) is 3.91. The molecular weight excluding hydrogens is 402 g/mol. The molecular formula is C27H25NO4. The van der Waals surface area contributed by atoms with Gasteiger partial charge in [-0.25, -0.2) is 0 Å². The number of fused-ring (bicyclic) bond motifs is 1. The van der Waals surface area contributed by atoms with Gasteiger partial charge < -0.3 is 19.5 Å². The van der Waals surface area contributed by atoms with Gasteiger partial charge in [0.25, 0.3) is 5.91 Å². The van der Waals surface area contributed by atoms with Crippen molar-refractivity contribution in [2.75, 3.05) is 26.9 Å². The number of carbonyl (C=O) groups is 1. The Bertz CT molecular complexity index is 1160. The molecule has 0 heterocycles. The molecule has 0 aliphatic carbocycles. The van der Waals surface area contributed by atoms with E-state index in [0.717, 1.165) is 21.9 Å². The van der Waals surface area contributed by atoms with Gasteiger partial charge in [-0.2, -0.15) is 0 Å². The Hall–Kier alpha value is -3.93. The summed E-state index contributed by atoms with van der Waals surface area (Å²) in [5, 5.41) is 5.07. The molecule has 0 bridgehead atoms. The summed E-state index contributed by atoms with van der Waals surface area (Å²) in [5.41, 5.74) is 1.75. The molecule has 32 heavy (non-hydrogen) atoms. The lowest BCUT2D eigenvalue weighted by molar-refractivity contribution is -0.132. The van der Waals surface area contributed by atoms with Crippen LogP contribution in [0.15, 0.2) is 60.7 Å². The Morgan fingerprint density at radius 3 is 2.50 bits per heavy atom. The molecule has 0 fully saturated rings. The van der Waals surface area contributed by atoms with E-state index in [1.165, 1.54) is 0 Å². The normalized spacial score (nSPS) is 11.2. The van der Waals surface area contributed by atoms with Gasteiger partial charge in [-0.05, 0) is 46.5 Å². The molecule has 3 aromatic rings. The third-order valence-electron chi connectivity index (χ3n) is 4.90. The van der Waals surface area contributed by atoms with E-state index >= 15 is 0 Å². The number of amides is 1. The maximum atomic E-state index is 12.9. The Morgan fingerprint density at radius 1 is 0.969 bits per heavy atom. The second-order valence-electron chi connectivity index (χ2n) is 7.02. The largest absolute Gasteiger partial charge is 0.493 e. The number of carbonyl (C=O) groups excluding carboxylic acids is 1. The van der Waals surface area contributed by atoms with Crippen LogP contribution < -0.4 is 14.8 Å². The average Bonchev–Trinajstić information content (AvgIpc) is 2.83. The maximum absolute atomic E-state index is 12.9. The highest BCUT2D eigenvalue weighted by atomic mass is 16.5. The van der Waals surface area contributed by atoms with Crippen LogP contribution >= 0.6 is 0 Å². The van der Waals surface area contributed by atoms with Crippen LogP contribution in [0.25, 0.3) is 10.8 Å². The molecule has 162 valence electrons. The van der Waals surface area contributed by atoms with Crippen LogP contribution in [0.1, 0.15) is 17.2 Å². The van der Waals surface area contributed by atoms with Crippen LogP contribution in [0.4, 0.5) is 0 Å². The number of benzene rings is 3. The van der Waals surface area contributed by atoms with E-state index in [2.05, 4.69) is 17.2 Å². The van der Waals surface area contributed by atoms with Crippen molar-refractivity contribution in [3.8, 4) is 36.2 Å². The van der Waals surface area contributed by atoms with Gasteiger partial charge in [0.2, 0.25) is 0 Å². The van der Waals surface area contributed by atoms with Crippen LogP contribution in [0.3, 0.4) is 0 Å². The molecule has 0 aliphatic heterocycles. The van der Waals surface area contributed by atoms with Crippen molar-refractivity contribution in [1.82, 2.24) is 5.32 Å². The topological polar surface area (TPSA) is 56.8 Å². The third kappa shape index (κ3) is 5.82. The summed E-state index contributed by atoms with van der Waals surface area (Å²) in [5.74, 6) is 5.80. The van der Waals surface area contributed by atoms with Crippen molar-refractivity contribution in [2.24, 2.45) is 0 Å². The zero-order valence-electron chi connectivity index (χ0n) is 18.0. The molecule has 0 saturated heterocycles. The van der Waals surface area contributed by atoms with Crippen molar-refractivity contribution in [1.29, 1.82) is 0 Å². The SMILES string of the molecule is C#CCOc1ccc(CCNC(=O)[C@@H](OCC#C)c2ccc3ccccc3c2)cc1OC. The molecule has 0 unspecified atom stereocenters. The van der Waals surface area contributed by atoms with Crippen LogP contribution in [0.2, 0.25) is 0 Å². The minimum atomic E-state index is -0.787. The monoisotopic (exact) mass is 427 g/mol. The van der Waals surface area contributed by atoms with E-state index in [-0.39, 0.29) is 19.1 Å². The molecule has 5 nitrogen and oxygen atoms in total. The molecule has 1 amide bonds. The number of terminal acetylenes is 2. The zero-order valence-corrected chi connectivity index (χ0v) is 18.0. The fourth-order valence-electron chi connectivity index (χ4n) is 3.35. The van der Waals surface area contributed by atoms with Crippen molar-refractivity contribution in [3.05, 3.63) is 71.8 Å². The second-order valence-corrected chi connectivity index (χ2v) is 7.02. The maximum Gasteiger partial charge on any atom is 0.253 e. The number of hydrogen-bond acceptors (Lipinski definition) is 4. The number of methoxy groups -OCH3 is 1. The quantitative estimate of drug-likeness (QED) is 0.499. The van der Waals surface area contributed by atoms with Crippen molar-refractivity contribution in [2.45, 2.75) is 12.5 Å². The van der Waals surface area contributed by atoms with Crippen LogP contribution in [0.5, 0.6) is 11.5 Å². The van der Waals surface area contributed by atoms with Gasteiger partial charge in [-0.1, -0.05) is 54.3 Å². The van der Waals surface area contributed by atoms with Crippen LogP contribution in [-0.4, -0.2) is 32.8 Å². The second kappa shape index (κ2) is 11.5. The van der Waals surface area contributed by atoms with E-state index < -0.39 is 6.10 Å². The third-order valence-corrected chi connectivity index (χ3v) is 4.90. The van der Waals surface area contributed by atoms with E-state index in [1.807, 2.05) is 54.6 Å². The summed E-state index contributed by atoms with van der Waals surface area (Å²) < 4.78 is 16.5. The highest BCUT2D eigenvalue weighted by molar-refractivity contribution is 5.87. The Kier molecular flexibility index (Phi) is 8.15. The van der Waals surface area contributed by atoms with Gasteiger partial charge in [-0.3, -0.25) is 4.79 Å². The van der Waals surface area contributed by atoms with Crippen molar-refractivity contribution < 1.29 is 19.0 Å². The van der Waals surface area contributed by atoms with E-state index in [4.69, 9.17) is 27.1 Å². The highest BCUT2D eigenvalue weighted by Gasteiger charge is 2.21. The molecule has 3 aromatic carbocycles. The lowest BCUT2D eigenvalue weighted by atomic mass is 10.0. The van der Waals surface area contributed by atoms with Gasteiger partial charge in [0.15, 0.2) is 17.6 Å². The molecule has 0 spiro atoms. The highest BCUT2D eigenvalue weighted by Crippen LogP contribution is 2.28. The summed E-state index contributed by atoms with van der Waals surface area (Å²) >= 11 is 0. The zero-order chi connectivity index (χ0) is 22.8. The fraction of sp³-hybridized carbons (Fsp3) is 0.222. The lowest BCUT2D eigenvalue weighted by Crippen LogP contribution is -2.32. The van der Waals surface area contributed by atoms with Gasteiger partial charge in [0.1, 0.15) is 13.2 Å². The standard InChI is InChI=1S/C27H25NO4/c1-4-16-31-24-13-10-20(18-25(24)30-3)14-15-28-27(29)26(32-17-5-2)23-12-11-21-8-6-7-9-22(21)19-23/h1-2,6-13,18-19,26H,14-17H2,3H3,(H,28,29)/t26-/m0/s1. The van der Waals surface area contributed by atoms with Crippen LogP contribution in [0, 0.1) is 24.7 Å². The minimum Gasteiger partial charge on any atom is -0.493 e. The summed E-state index contributed by atoms with van der Waals surface area (Å²) in [6.07, 6.45) is 10.4. The predicted molar refractivity (Wildman–Crippen MR) is 126 cm³/mol. The molecule has 0 aliphatic rings. The Morgan fingerprint density at radius 2 is 1.75 bits per heavy atom. The molecule has 5 heteroatoms. The summed E-state index contributed by atoms with van der Waals surface area (Å²) in [4.78, 5) is 12.9. The molecule has 1 atom stereocenters. The first-order chi connectivity index (χ1) is 15.7. The van der Waals surface area contributed by atoms with Crippen LogP contribution in [-0.2, 0) is 16.0 Å². The lowest BCUT2D eigenvalue weighted by Gasteiger charge is -2.18. The molecule has 0 radical (unpaired) electrons. The van der Waals surface area contributed by atoms with Crippen molar-refractivity contribution in [3.63, 3.8) is 0 Å². The van der Waals surface area contributed by atoms with Gasteiger partial charge in [-0.15, -0.1) is 12.8 Å². The average molecular weight is 428 g/mol. The van der Waals surface area contributed by atoms with E-state index in [1.54, 1.807) is 13.2 Å². The number of rotatable bonds is 10. The Balaban J connectivity index is 1.66. The molecule has 0 aromatic heterocycles. The number of hydrogen-bond donors (Lipinski definition) is 1. The molecule has 0 saturated carbocycles. The first-order valence-electron chi connectivity index (χ1n) is 10.2. The fourth-order valence-corrected chi connectivity index (χ4v) is 3.35. The van der Waals surface area contributed by atoms with Crippen molar-refractivity contribution >= 4 is 16.7 Å². The summed E-state index contributed by atoms with van der Waals surface area (Å²) in [6.45, 7) is 0.636. The van der Waals surface area contributed by atoms with E-state index in [0.29, 0.717) is 24.5 Å². The van der Waals surface area contributed by atoms with Gasteiger partial charge in [0, 0.05) is 6.54 Å². The molecule has 1 N–H and O–H groups in total. The van der Waals surface area contributed by atoms with Gasteiger partial charge >= 0.3 is 0 Å². The number of ether oxygens (including phenoxy) is 3. The first kappa shape index (κ1) is 22.7. The van der Waals surface area contributed by atoms with E-state index in [9.17, 15) is 4.79 Å². The minimum absolute atomic E-state index is 0.0429. The Labute approximate surface area is 188 Å². The summed E-state index contributed by atoms with van der Waals surface area (Å²) in [7, 11) is 1.57. The first-order valence-corrected chi connectivity index (χ1v) is 10.2. The van der Waals surface area contributed by atoms with Gasteiger partial charge in [0.05, 0.1) is 7.11 Å². The number of nitrogens with one attached hydrogen (secondary N) is 1. The molecule has 3 rings (SSSR count). The summed E-state index contributed by atoms with van der Waals surface area (Å²) in [6, 6.07) is 19.4.